The molecule has 2 aromatic rings. The number of nitrogens with one attached hydrogen (secondary N) is 1. The largest absolute Gasteiger partial charge is 0.418 e. The molecule has 10 heteroatoms. The molecule has 1 aliphatic heterocycles. The molecule has 0 fully saturated rings. The third-order valence-corrected chi connectivity index (χ3v) is 5.31. The van der Waals surface area contributed by atoms with Crippen LogP contribution in [0.15, 0.2) is 41.7 Å². The number of aliphatic imine (C=N–C) groups is 1. The number of anilines is 1. The first-order valence-electron chi connectivity index (χ1n) is 8.59. The molecule has 0 saturated carbocycles. The number of amides is 1. The zero-order valence-corrected chi connectivity index (χ0v) is 16.3. The molecule has 0 saturated heterocycles. The Kier molecular flexibility index (Phi) is 5.61. The lowest BCUT2D eigenvalue weighted by Gasteiger charge is -2.32. The van der Waals surface area contributed by atoms with Crippen LogP contribution in [0.3, 0.4) is 0 Å². The maximum absolute atomic E-state index is 13.1. The van der Waals surface area contributed by atoms with Crippen molar-refractivity contribution in [3.8, 4) is 6.07 Å². The monoisotopic (exact) mass is 419 g/mol. The Morgan fingerprint density at radius 3 is 2.79 bits per heavy atom. The van der Waals surface area contributed by atoms with E-state index in [0.717, 1.165) is 18.3 Å². The van der Waals surface area contributed by atoms with Gasteiger partial charge in [0.2, 0.25) is 0 Å². The van der Waals surface area contributed by atoms with Gasteiger partial charge in [0.05, 0.1) is 11.3 Å². The van der Waals surface area contributed by atoms with Crippen molar-refractivity contribution < 1.29 is 18.0 Å². The predicted octanol–water partition coefficient (Wildman–Crippen LogP) is 4.41. The Hall–Kier alpha value is -2.93. The van der Waals surface area contributed by atoms with E-state index in [1.165, 1.54) is 24.0 Å². The first-order chi connectivity index (χ1) is 13.6. The van der Waals surface area contributed by atoms with Gasteiger partial charge in [-0.25, -0.2) is 0 Å². The van der Waals surface area contributed by atoms with Crippen molar-refractivity contribution >= 4 is 28.4 Å². The summed E-state index contributed by atoms with van der Waals surface area (Å²) in [7, 11) is 0. The number of thioether (sulfide) groups is 1. The summed E-state index contributed by atoms with van der Waals surface area (Å²) in [6.07, 6.45) is -1.52. The highest BCUT2D eigenvalue weighted by Crippen LogP contribution is 2.39. The summed E-state index contributed by atoms with van der Waals surface area (Å²) in [5, 5.41) is 12.1. The molecule has 150 valence electrons. The fourth-order valence-corrected chi connectivity index (χ4v) is 4.21. The molecule has 29 heavy (non-hydrogen) atoms. The van der Waals surface area contributed by atoms with Gasteiger partial charge >= 0.3 is 6.18 Å². The number of nitrogens with zero attached hydrogens (tertiary/aromatic N) is 4. The number of carbonyl (C=O) groups excluding carboxylic acids is 1. The summed E-state index contributed by atoms with van der Waals surface area (Å²) in [6, 6.07) is 7.00. The molecule has 0 aromatic carbocycles. The second kappa shape index (κ2) is 7.83. The number of pyridine rings is 2. The van der Waals surface area contributed by atoms with Gasteiger partial charge in [0.25, 0.3) is 5.91 Å². The molecule has 0 spiro atoms. The predicted molar refractivity (Wildman–Crippen MR) is 103 cm³/mol. The van der Waals surface area contributed by atoms with Crippen LogP contribution in [0.25, 0.3) is 0 Å². The summed E-state index contributed by atoms with van der Waals surface area (Å²) in [5.74, 6) is -0.978. The molecule has 1 N–H and O–H groups in total. The van der Waals surface area contributed by atoms with Crippen molar-refractivity contribution in [1.82, 2.24) is 9.97 Å². The topological polar surface area (TPSA) is 91.0 Å². The van der Waals surface area contributed by atoms with E-state index in [9.17, 15) is 23.2 Å². The average Bonchev–Trinajstić information content (AvgIpc) is 2.67. The van der Waals surface area contributed by atoms with Crippen molar-refractivity contribution in [3.63, 3.8) is 0 Å². The van der Waals surface area contributed by atoms with Crippen molar-refractivity contribution in [2.24, 2.45) is 4.99 Å². The fourth-order valence-electron chi connectivity index (χ4n) is 3.11. The average molecular weight is 419 g/mol. The molecule has 0 aliphatic carbocycles. The maximum atomic E-state index is 13.1. The van der Waals surface area contributed by atoms with Gasteiger partial charge in [-0.1, -0.05) is 18.7 Å². The van der Waals surface area contributed by atoms with E-state index >= 15 is 0 Å². The van der Waals surface area contributed by atoms with Crippen LogP contribution >= 0.6 is 11.8 Å². The number of halogens is 3. The van der Waals surface area contributed by atoms with E-state index in [4.69, 9.17) is 0 Å². The molecule has 3 rings (SSSR count). The highest BCUT2D eigenvalue weighted by Gasteiger charge is 2.37. The molecule has 2 atom stereocenters. The number of nitriles is 1. The zero-order chi connectivity index (χ0) is 21.2. The Labute approximate surface area is 169 Å². The van der Waals surface area contributed by atoms with Crippen LogP contribution in [0.2, 0.25) is 0 Å². The van der Waals surface area contributed by atoms with Crippen LogP contribution in [0.4, 0.5) is 18.9 Å². The van der Waals surface area contributed by atoms with Gasteiger partial charge in [0.1, 0.15) is 17.3 Å². The summed E-state index contributed by atoms with van der Waals surface area (Å²) in [4.78, 5) is 24.8. The molecular weight excluding hydrogens is 403 g/mol. The SMILES string of the molecule is C[C@@H]1C[C@@](C)(c2cc(NC(=O)c3ncccc3C(F)(F)F)ccn2)N=C(C#N)S1. The van der Waals surface area contributed by atoms with Gasteiger partial charge in [-0.05, 0) is 37.6 Å². The number of carbonyl (C=O) groups is 1. The van der Waals surface area contributed by atoms with Gasteiger partial charge in [-0.3, -0.25) is 19.8 Å². The Bertz CT molecular complexity index is 1020. The Morgan fingerprint density at radius 1 is 1.34 bits per heavy atom. The van der Waals surface area contributed by atoms with Crippen LogP contribution < -0.4 is 5.32 Å². The first kappa shape index (κ1) is 20.8. The molecule has 0 radical (unpaired) electrons. The number of hydrogen-bond donors (Lipinski definition) is 1. The second-order valence-corrected chi connectivity index (χ2v) is 8.14. The lowest BCUT2D eigenvalue weighted by atomic mass is 9.91. The normalized spacial score (nSPS) is 21.8. The van der Waals surface area contributed by atoms with Gasteiger partial charge in [0.15, 0.2) is 5.04 Å². The van der Waals surface area contributed by atoms with Crippen LogP contribution in [0.5, 0.6) is 0 Å². The Balaban J connectivity index is 1.90. The van der Waals surface area contributed by atoms with Crippen molar-refractivity contribution in [1.29, 1.82) is 5.26 Å². The lowest BCUT2D eigenvalue weighted by molar-refractivity contribution is -0.138. The molecule has 1 aliphatic rings. The highest BCUT2D eigenvalue weighted by molar-refractivity contribution is 8.15. The van der Waals surface area contributed by atoms with E-state index in [-0.39, 0.29) is 10.9 Å². The zero-order valence-electron chi connectivity index (χ0n) is 15.5. The van der Waals surface area contributed by atoms with Gasteiger partial charge in [0, 0.05) is 23.3 Å². The van der Waals surface area contributed by atoms with Crippen molar-refractivity contribution in [2.75, 3.05) is 5.32 Å². The van der Waals surface area contributed by atoms with Gasteiger partial charge in [-0.2, -0.15) is 18.4 Å². The molecule has 0 bridgehead atoms. The minimum atomic E-state index is -4.70. The minimum Gasteiger partial charge on any atom is -0.321 e. The Morgan fingerprint density at radius 2 is 2.10 bits per heavy atom. The number of hydrogen-bond acceptors (Lipinski definition) is 6. The molecule has 1 amide bonds. The molecule has 3 heterocycles. The molecule has 2 aromatic heterocycles. The van der Waals surface area contributed by atoms with E-state index in [0.29, 0.717) is 17.2 Å². The van der Waals surface area contributed by atoms with Crippen LogP contribution in [0.1, 0.15) is 42.0 Å². The fraction of sp³-hybridized carbons (Fsp3) is 0.316. The van der Waals surface area contributed by atoms with E-state index < -0.39 is 28.9 Å². The third kappa shape index (κ3) is 4.56. The molecular formula is C19H16F3N5OS. The van der Waals surface area contributed by atoms with E-state index in [1.807, 2.05) is 19.9 Å². The summed E-state index contributed by atoms with van der Waals surface area (Å²) < 4.78 is 39.4. The maximum Gasteiger partial charge on any atom is 0.418 e. The number of aromatic nitrogens is 2. The summed E-state index contributed by atoms with van der Waals surface area (Å²) in [5.41, 5.74) is -1.83. The van der Waals surface area contributed by atoms with Crippen LogP contribution in [-0.4, -0.2) is 26.2 Å². The van der Waals surface area contributed by atoms with Gasteiger partial charge in [-0.15, -0.1) is 0 Å². The first-order valence-corrected chi connectivity index (χ1v) is 9.47. The second-order valence-electron chi connectivity index (χ2n) is 6.72. The minimum absolute atomic E-state index is 0.134. The van der Waals surface area contributed by atoms with Crippen molar-refractivity contribution in [3.05, 3.63) is 53.6 Å². The standard InChI is InChI=1S/C19H16F3N5OS/c1-11-9-18(2,27-15(10-23)29-11)14-8-12(5-7-24-14)26-17(28)16-13(19(20,21)22)4-3-6-25-16/h3-8,11H,9H2,1-2H3,(H,24,26,28)/t11-,18+/m1/s1. The highest BCUT2D eigenvalue weighted by atomic mass is 32.2. The lowest BCUT2D eigenvalue weighted by Crippen LogP contribution is -2.30. The van der Waals surface area contributed by atoms with Crippen LogP contribution in [-0.2, 0) is 11.7 Å². The van der Waals surface area contributed by atoms with Crippen LogP contribution in [0, 0.1) is 11.3 Å². The van der Waals surface area contributed by atoms with E-state index in [1.54, 1.807) is 6.07 Å². The third-order valence-electron chi connectivity index (χ3n) is 4.34. The quantitative estimate of drug-likeness (QED) is 0.796. The van der Waals surface area contributed by atoms with Gasteiger partial charge < -0.3 is 5.32 Å². The number of alkyl halides is 3. The number of rotatable bonds is 3. The van der Waals surface area contributed by atoms with E-state index in [2.05, 4.69) is 20.3 Å². The molecule has 6 nitrogen and oxygen atoms in total. The molecule has 0 unspecified atom stereocenters. The smallest absolute Gasteiger partial charge is 0.321 e. The summed E-state index contributed by atoms with van der Waals surface area (Å²) in [6.45, 7) is 3.80. The van der Waals surface area contributed by atoms with Crippen molar-refractivity contribution in [2.45, 2.75) is 37.2 Å². The summed E-state index contributed by atoms with van der Waals surface area (Å²) >= 11 is 1.38.